The van der Waals surface area contributed by atoms with Gasteiger partial charge in [-0.25, -0.2) is 0 Å². The van der Waals surface area contributed by atoms with Crippen molar-refractivity contribution in [3.05, 3.63) is 38.9 Å². The highest BCUT2D eigenvalue weighted by Crippen LogP contribution is 2.25. The maximum absolute atomic E-state index is 10.6. The molecule has 0 saturated carbocycles. The highest BCUT2D eigenvalue weighted by molar-refractivity contribution is 6.32. The molecule has 1 unspecified atom stereocenters. The lowest BCUT2D eigenvalue weighted by Crippen LogP contribution is -2.21. The number of benzene rings is 1. The molecule has 0 heterocycles. The van der Waals surface area contributed by atoms with Crippen LogP contribution in [0.1, 0.15) is 18.9 Å². The van der Waals surface area contributed by atoms with Crippen molar-refractivity contribution >= 4 is 17.3 Å². The van der Waals surface area contributed by atoms with Gasteiger partial charge in [0.05, 0.1) is 4.92 Å². The Morgan fingerprint density at radius 1 is 1.60 bits per heavy atom. The van der Waals surface area contributed by atoms with E-state index in [-0.39, 0.29) is 16.8 Å². The second-order valence-corrected chi connectivity index (χ2v) is 3.82. The van der Waals surface area contributed by atoms with Gasteiger partial charge < -0.3 is 5.73 Å². The van der Waals surface area contributed by atoms with Crippen molar-refractivity contribution in [2.24, 2.45) is 5.73 Å². The molecule has 1 aromatic rings. The lowest BCUT2D eigenvalue weighted by atomic mass is 10.0. The maximum Gasteiger partial charge on any atom is 0.288 e. The van der Waals surface area contributed by atoms with Gasteiger partial charge in [0.2, 0.25) is 0 Å². The Morgan fingerprint density at radius 3 is 2.80 bits per heavy atom. The van der Waals surface area contributed by atoms with Gasteiger partial charge in [-0.15, -0.1) is 0 Å². The summed E-state index contributed by atoms with van der Waals surface area (Å²) in [5.74, 6) is 0. The first-order valence-corrected chi connectivity index (χ1v) is 5.10. The van der Waals surface area contributed by atoms with Gasteiger partial charge in [0.15, 0.2) is 0 Å². The Balaban J connectivity index is 2.92. The maximum atomic E-state index is 10.6. The molecule has 1 rings (SSSR count). The Kier molecular flexibility index (Phi) is 4.05. The number of nitro groups is 1. The van der Waals surface area contributed by atoms with Crippen LogP contribution >= 0.6 is 11.6 Å². The minimum absolute atomic E-state index is 0.0331. The van der Waals surface area contributed by atoms with Crippen LogP contribution < -0.4 is 5.73 Å². The van der Waals surface area contributed by atoms with Crippen molar-refractivity contribution in [3.63, 3.8) is 0 Å². The number of hydrogen-bond acceptors (Lipinski definition) is 3. The van der Waals surface area contributed by atoms with Crippen LogP contribution in [0, 0.1) is 10.1 Å². The summed E-state index contributed by atoms with van der Waals surface area (Å²) >= 11 is 5.69. The summed E-state index contributed by atoms with van der Waals surface area (Å²) in [4.78, 5) is 10.1. The lowest BCUT2D eigenvalue weighted by molar-refractivity contribution is -0.384. The minimum atomic E-state index is -0.483. The molecule has 0 aliphatic rings. The fourth-order valence-electron chi connectivity index (χ4n) is 1.27. The largest absolute Gasteiger partial charge is 0.327 e. The van der Waals surface area contributed by atoms with E-state index >= 15 is 0 Å². The van der Waals surface area contributed by atoms with Crippen molar-refractivity contribution in [2.45, 2.75) is 25.8 Å². The molecule has 0 spiro atoms. The van der Waals surface area contributed by atoms with Gasteiger partial charge in [-0.05, 0) is 24.5 Å². The second kappa shape index (κ2) is 5.09. The molecule has 0 fully saturated rings. The first kappa shape index (κ1) is 11.9. The van der Waals surface area contributed by atoms with Gasteiger partial charge in [0.25, 0.3) is 5.69 Å². The molecule has 4 nitrogen and oxygen atoms in total. The molecule has 0 aliphatic heterocycles. The van der Waals surface area contributed by atoms with Gasteiger partial charge in [0.1, 0.15) is 5.02 Å². The van der Waals surface area contributed by atoms with Crippen LogP contribution in [0.15, 0.2) is 18.2 Å². The van der Waals surface area contributed by atoms with Gasteiger partial charge in [-0.2, -0.15) is 0 Å². The highest BCUT2D eigenvalue weighted by atomic mass is 35.5. The number of hydrogen-bond donors (Lipinski definition) is 1. The third-order valence-corrected chi connectivity index (χ3v) is 2.55. The van der Waals surface area contributed by atoms with Crippen LogP contribution in [0.3, 0.4) is 0 Å². The summed E-state index contributed by atoms with van der Waals surface area (Å²) in [6.45, 7) is 1.98. The number of halogens is 1. The predicted molar refractivity (Wildman–Crippen MR) is 60.1 cm³/mol. The third-order valence-electron chi connectivity index (χ3n) is 2.23. The van der Waals surface area contributed by atoms with Crippen molar-refractivity contribution in [1.29, 1.82) is 0 Å². The molecule has 1 atom stereocenters. The van der Waals surface area contributed by atoms with Crippen LogP contribution in [-0.4, -0.2) is 11.0 Å². The van der Waals surface area contributed by atoms with E-state index < -0.39 is 4.92 Å². The van der Waals surface area contributed by atoms with Crippen LogP contribution in [0.4, 0.5) is 5.69 Å². The standard InChI is InChI=1S/C10H13ClN2O2/c1-2-8(12)5-7-3-4-9(11)10(6-7)13(14)15/h3-4,6,8H,2,5,12H2,1H3. The molecule has 15 heavy (non-hydrogen) atoms. The predicted octanol–water partition coefficient (Wildman–Crippen LogP) is 2.53. The Morgan fingerprint density at radius 2 is 2.27 bits per heavy atom. The molecule has 0 amide bonds. The monoisotopic (exact) mass is 228 g/mol. The van der Waals surface area contributed by atoms with Gasteiger partial charge in [0, 0.05) is 12.1 Å². The fraction of sp³-hybridized carbons (Fsp3) is 0.400. The van der Waals surface area contributed by atoms with Crippen molar-refractivity contribution in [3.8, 4) is 0 Å². The molecule has 0 saturated heterocycles. The number of nitrogens with zero attached hydrogens (tertiary/aromatic N) is 1. The molecule has 0 radical (unpaired) electrons. The number of rotatable bonds is 4. The Labute approximate surface area is 93.2 Å². The first-order chi connectivity index (χ1) is 7.04. The zero-order valence-corrected chi connectivity index (χ0v) is 9.20. The third kappa shape index (κ3) is 3.18. The van der Waals surface area contributed by atoms with Crippen LogP contribution in [-0.2, 0) is 6.42 Å². The second-order valence-electron chi connectivity index (χ2n) is 3.42. The van der Waals surface area contributed by atoms with E-state index in [1.807, 2.05) is 6.92 Å². The molecule has 1 aromatic carbocycles. The van der Waals surface area contributed by atoms with Crippen molar-refractivity contribution in [2.75, 3.05) is 0 Å². The smallest absolute Gasteiger partial charge is 0.288 e. The summed E-state index contributed by atoms with van der Waals surface area (Å²) in [7, 11) is 0. The molecule has 2 N–H and O–H groups in total. The zero-order valence-electron chi connectivity index (χ0n) is 8.44. The number of nitro benzene ring substituents is 1. The molecule has 5 heteroatoms. The normalized spacial score (nSPS) is 12.5. The van der Waals surface area contributed by atoms with E-state index in [1.54, 1.807) is 6.07 Å². The minimum Gasteiger partial charge on any atom is -0.327 e. The Bertz CT molecular complexity index is 368. The summed E-state index contributed by atoms with van der Waals surface area (Å²) in [6, 6.07) is 4.82. The van der Waals surface area contributed by atoms with E-state index in [2.05, 4.69) is 0 Å². The molecule has 0 bridgehead atoms. The van der Waals surface area contributed by atoms with Crippen molar-refractivity contribution < 1.29 is 4.92 Å². The first-order valence-electron chi connectivity index (χ1n) is 4.73. The molecule has 0 aliphatic carbocycles. The summed E-state index contributed by atoms with van der Waals surface area (Å²) in [5.41, 5.74) is 6.56. The number of nitrogens with two attached hydrogens (primary N) is 1. The summed E-state index contributed by atoms with van der Waals surface area (Å²) < 4.78 is 0. The Hall–Kier alpha value is -1.13. The van der Waals surface area contributed by atoms with E-state index in [1.165, 1.54) is 12.1 Å². The summed E-state index contributed by atoms with van der Waals surface area (Å²) in [6.07, 6.45) is 1.48. The highest BCUT2D eigenvalue weighted by Gasteiger charge is 2.13. The molecule has 82 valence electrons. The SMILES string of the molecule is CCC(N)Cc1ccc(Cl)c([N+](=O)[O-])c1. The average molecular weight is 229 g/mol. The van der Waals surface area contributed by atoms with E-state index in [9.17, 15) is 10.1 Å². The van der Waals surface area contributed by atoms with E-state index in [0.717, 1.165) is 12.0 Å². The average Bonchev–Trinajstić information content (AvgIpc) is 2.20. The fourth-order valence-corrected chi connectivity index (χ4v) is 1.46. The van der Waals surface area contributed by atoms with Crippen LogP contribution in [0.25, 0.3) is 0 Å². The van der Waals surface area contributed by atoms with E-state index in [4.69, 9.17) is 17.3 Å². The van der Waals surface area contributed by atoms with Crippen LogP contribution in [0.5, 0.6) is 0 Å². The molecular formula is C10H13ClN2O2. The zero-order chi connectivity index (χ0) is 11.4. The topological polar surface area (TPSA) is 69.2 Å². The molecule has 0 aromatic heterocycles. The van der Waals surface area contributed by atoms with Gasteiger partial charge >= 0.3 is 0 Å². The summed E-state index contributed by atoms with van der Waals surface area (Å²) in [5, 5.41) is 10.8. The van der Waals surface area contributed by atoms with E-state index in [0.29, 0.717) is 6.42 Å². The lowest BCUT2D eigenvalue weighted by Gasteiger charge is -2.08. The van der Waals surface area contributed by atoms with Crippen molar-refractivity contribution in [1.82, 2.24) is 0 Å². The van der Waals surface area contributed by atoms with Gasteiger partial charge in [-0.1, -0.05) is 24.6 Å². The van der Waals surface area contributed by atoms with Gasteiger partial charge in [-0.3, -0.25) is 10.1 Å². The molecular weight excluding hydrogens is 216 g/mol. The van der Waals surface area contributed by atoms with Crippen LogP contribution in [0.2, 0.25) is 5.02 Å². The quantitative estimate of drug-likeness (QED) is 0.636.